The smallest absolute Gasteiger partial charge is 0.127 e. The van der Waals surface area contributed by atoms with Crippen LogP contribution in [0.1, 0.15) is 51.7 Å². The minimum absolute atomic E-state index is 0.0917. The quantitative estimate of drug-likeness (QED) is 0.689. The fourth-order valence-electron chi connectivity index (χ4n) is 2.29. The van der Waals surface area contributed by atoms with Crippen LogP contribution in [-0.2, 0) is 13.1 Å². The number of hydrogen-bond donors (Lipinski definition) is 1. The molecule has 0 atom stereocenters. The number of hydrogen-bond acceptors (Lipinski definition) is 2. The van der Waals surface area contributed by atoms with E-state index in [9.17, 15) is 4.39 Å². The standard InChI is InChI=1S/C17H29FN2/c1-5-9-19-12-15-7-8-17(18)16(11-15)13-20(10-6-2)14(3)4/h7-8,11,14,19H,5-6,9-10,12-13H2,1-4H3. The van der Waals surface area contributed by atoms with Crippen LogP contribution >= 0.6 is 0 Å². The van der Waals surface area contributed by atoms with Gasteiger partial charge in [-0.3, -0.25) is 4.90 Å². The molecule has 0 aromatic heterocycles. The number of nitrogens with zero attached hydrogens (tertiary/aromatic N) is 1. The molecular formula is C17H29FN2. The van der Waals surface area contributed by atoms with Gasteiger partial charge in [-0.25, -0.2) is 4.39 Å². The molecule has 0 unspecified atom stereocenters. The van der Waals surface area contributed by atoms with Crippen molar-refractivity contribution in [2.24, 2.45) is 0 Å². The molecule has 0 bridgehead atoms. The maximum atomic E-state index is 14.0. The highest BCUT2D eigenvalue weighted by atomic mass is 19.1. The third-order valence-corrected chi connectivity index (χ3v) is 3.48. The topological polar surface area (TPSA) is 15.3 Å². The molecule has 0 fully saturated rings. The maximum Gasteiger partial charge on any atom is 0.127 e. The summed E-state index contributed by atoms with van der Waals surface area (Å²) in [5.41, 5.74) is 1.97. The van der Waals surface area contributed by atoms with Crippen LogP contribution in [0, 0.1) is 5.82 Å². The van der Waals surface area contributed by atoms with Gasteiger partial charge in [0.15, 0.2) is 0 Å². The van der Waals surface area contributed by atoms with Crippen LogP contribution in [0.3, 0.4) is 0 Å². The molecule has 0 spiro atoms. The van der Waals surface area contributed by atoms with Crippen LogP contribution in [0.15, 0.2) is 18.2 Å². The number of rotatable bonds is 9. The van der Waals surface area contributed by atoms with E-state index in [0.29, 0.717) is 12.6 Å². The van der Waals surface area contributed by atoms with Crippen molar-refractivity contribution in [2.75, 3.05) is 13.1 Å². The molecule has 1 aromatic carbocycles. The molecule has 0 aliphatic carbocycles. The highest BCUT2D eigenvalue weighted by molar-refractivity contribution is 5.25. The Balaban J connectivity index is 2.74. The Labute approximate surface area is 123 Å². The van der Waals surface area contributed by atoms with E-state index in [0.717, 1.165) is 43.6 Å². The highest BCUT2D eigenvalue weighted by Crippen LogP contribution is 2.15. The normalized spacial score (nSPS) is 11.6. The molecule has 1 N–H and O–H groups in total. The van der Waals surface area contributed by atoms with Crippen molar-refractivity contribution < 1.29 is 4.39 Å². The van der Waals surface area contributed by atoms with Gasteiger partial charge < -0.3 is 5.32 Å². The maximum absolute atomic E-state index is 14.0. The Morgan fingerprint density at radius 3 is 2.55 bits per heavy atom. The highest BCUT2D eigenvalue weighted by Gasteiger charge is 2.12. The van der Waals surface area contributed by atoms with Crippen molar-refractivity contribution >= 4 is 0 Å². The summed E-state index contributed by atoms with van der Waals surface area (Å²) >= 11 is 0. The Bertz CT molecular complexity index is 391. The molecule has 1 rings (SSSR count). The Hall–Kier alpha value is -0.930. The second-order valence-electron chi connectivity index (χ2n) is 5.67. The molecule has 1 aromatic rings. The largest absolute Gasteiger partial charge is 0.313 e. The molecule has 0 aliphatic heterocycles. The van der Waals surface area contributed by atoms with Crippen molar-refractivity contribution in [1.82, 2.24) is 10.2 Å². The van der Waals surface area contributed by atoms with Gasteiger partial charge in [0.05, 0.1) is 0 Å². The van der Waals surface area contributed by atoms with Gasteiger partial charge in [0.25, 0.3) is 0 Å². The minimum Gasteiger partial charge on any atom is -0.313 e. The van der Waals surface area contributed by atoms with Gasteiger partial charge in [-0.05, 0) is 51.4 Å². The monoisotopic (exact) mass is 280 g/mol. The molecule has 0 amide bonds. The van der Waals surface area contributed by atoms with Crippen LogP contribution in [0.5, 0.6) is 0 Å². The van der Waals surface area contributed by atoms with E-state index in [4.69, 9.17) is 0 Å². The molecule has 0 saturated carbocycles. The summed E-state index contributed by atoms with van der Waals surface area (Å²) in [7, 11) is 0. The summed E-state index contributed by atoms with van der Waals surface area (Å²) in [5.74, 6) is -0.0917. The van der Waals surface area contributed by atoms with E-state index in [-0.39, 0.29) is 5.82 Å². The first-order chi connectivity index (χ1) is 9.58. The first-order valence-corrected chi connectivity index (χ1v) is 7.80. The summed E-state index contributed by atoms with van der Waals surface area (Å²) in [6.45, 7) is 12.2. The van der Waals surface area contributed by atoms with Crippen molar-refractivity contribution in [2.45, 2.75) is 59.7 Å². The number of benzene rings is 1. The summed E-state index contributed by atoms with van der Waals surface area (Å²) in [6, 6.07) is 5.92. The van der Waals surface area contributed by atoms with Crippen LogP contribution in [0.4, 0.5) is 4.39 Å². The second-order valence-corrected chi connectivity index (χ2v) is 5.67. The third kappa shape index (κ3) is 5.59. The molecule has 2 nitrogen and oxygen atoms in total. The van der Waals surface area contributed by atoms with E-state index < -0.39 is 0 Å². The lowest BCUT2D eigenvalue weighted by Crippen LogP contribution is -2.31. The zero-order valence-corrected chi connectivity index (χ0v) is 13.4. The molecular weight excluding hydrogens is 251 g/mol. The number of halogens is 1. The van der Waals surface area contributed by atoms with Gasteiger partial charge in [-0.2, -0.15) is 0 Å². The predicted octanol–water partition coefficient (Wildman–Crippen LogP) is 3.95. The summed E-state index contributed by atoms with van der Waals surface area (Å²) < 4.78 is 14.0. The lowest BCUT2D eigenvalue weighted by atomic mass is 10.1. The molecule has 114 valence electrons. The van der Waals surface area contributed by atoms with Gasteiger partial charge in [-0.15, -0.1) is 0 Å². The van der Waals surface area contributed by atoms with Gasteiger partial charge in [-0.1, -0.05) is 26.0 Å². The third-order valence-electron chi connectivity index (χ3n) is 3.48. The summed E-state index contributed by atoms with van der Waals surface area (Å²) in [6.07, 6.45) is 2.21. The van der Waals surface area contributed by atoms with Crippen LogP contribution in [0.2, 0.25) is 0 Å². The van der Waals surface area contributed by atoms with E-state index in [1.165, 1.54) is 0 Å². The zero-order valence-electron chi connectivity index (χ0n) is 13.4. The van der Waals surface area contributed by atoms with Gasteiger partial charge >= 0.3 is 0 Å². The zero-order chi connectivity index (χ0) is 15.0. The van der Waals surface area contributed by atoms with Crippen LogP contribution in [0.25, 0.3) is 0 Å². The molecule has 20 heavy (non-hydrogen) atoms. The second kappa shape index (κ2) is 9.09. The lowest BCUT2D eigenvalue weighted by Gasteiger charge is -2.26. The predicted molar refractivity (Wildman–Crippen MR) is 84.2 cm³/mol. The van der Waals surface area contributed by atoms with Crippen molar-refractivity contribution in [3.8, 4) is 0 Å². The van der Waals surface area contributed by atoms with Crippen molar-refractivity contribution in [3.63, 3.8) is 0 Å². The average molecular weight is 280 g/mol. The fourth-order valence-corrected chi connectivity index (χ4v) is 2.29. The van der Waals surface area contributed by atoms with Gasteiger partial charge in [0.1, 0.15) is 5.82 Å². The SMILES string of the molecule is CCCNCc1ccc(F)c(CN(CCC)C(C)C)c1. The first-order valence-electron chi connectivity index (χ1n) is 7.80. The average Bonchev–Trinajstić information content (AvgIpc) is 2.41. The summed E-state index contributed by atoms with van der Waals surface area (Å²) in [4.78, 5) is 2.32. The molecule has 3 heteroatoms. The first kappa shape index (κ1) is 17.1. The van der Waals surface area contributed by atoms with Crippen LogP contribution < -0.4 is 5.32 Å². The molecule has 0 saturated heterocycles. The van der Waals surface area contributed by atoms with Gasteiger partial charge in [0.2, 0.25) is 0 Å². The summed E-state index contributed by atoms with van der Waals surface area (Å²) in [5, 5.41) is 3.36. The lowest BCUT2D eigenvalue weighted by molar-refractivity contribution is 0.210. The number of nitrogens with one attached hydrogen (secondary N) is 1. The Morgan fingerprint density at radius 2 is 1.95 bits per heavy atom. The van der Waals surface area contributed by atoms with Gasteiger partial charge in [0, 0.05) is 24.7 Å². The molecule has 0 aliphatic rings. The molecule has 0 heterocycles. The van der Waals surface area contributed by atoms with Crippen LogP contribution in [-0.4, -0.2) is 24.0 Å². The Kier molecular flexibility index (Phi) is 7.78. The van der Waals surface area contributed by atoms with Crippen molar-refractivity contribution in [1.29, 1.82) is 0 Å². The van der Waals surface area contributed by atoms with E-state index in [2.05, 4.69) is 37.9 Å². The minimum atomic E-state index is -0.0917. The van der Waals surface area contributed by atoms with Crippen molar-refractivity contribution in [3.05, 3.63) is 35.1 Å². The molecule has 0 radical (unpaired) electrons. The fraction of sp³-hybridized carbons (Fsp3) is 0.647. The van der Waals surface area contributed by atoms with E-state index in [1.54, 1.807) is 6.07 Å². The van der Waals surface area contributed by atoms with E-state index in [1.807, 2.05) is 12.1 Å². The van der Waals surface area contributed by atoms with E-state index >= 15 is 0 Å². The Morgan fingerprint density at radius 1 is 1.20 bits per heavy atom.